The fraction of sp³-hybridized carbons (Fsp3) is 0.0667. The van der Waals surface area contributed by atoms with Gasteiger partial charge in [0.1, 0.15) is 6.07 Å². The lowest BCUT2D eigenvalue weighted by atomic mass is 10.2. The average molecular weight is 312 g/mol. The van der Waals surface area contributed by atoms with E-state index in [9.17, 15) is 8.42 Å². The molecule has 0 saturated carbocycles. The smallest absolute Gasteiger partial charge is 0.269 e. The van der Waals surface area contributed by atoms with E-state index in [0.717, 1.165) is 3.97 Å². The first-order chi connectivity index (χ1) is 10.6. The van der Waals surface area contributed by atoms with E-state index in [0.29, 0.717) is 16.6 Å². The number of pyridine rings is 1. The number of nitrogens with zero attached hydrogens (tertiary/aromatic N) is 3. The van der Waals surface area contributed by atoms with Crippen molar-refractivity contribution in [2.75, 3.05) is 12.4 Å². The molecule has 2 heterocycles. The number of fused-ring (bicyclic) bond motifs is 1. The molecule has 0 aliphatic carbocycles. The minimum Gasteiger partial charge on any atom is -0.386 e. The summed E-state index contributed by atoms with van der Waals surface area (Å²) in [5.74, 6) is 0. The molecule has 6 nitrogen and oxygen atoms in total. The normalized spacial score (nSPS) is 11.3. The zero-order chi connectivity index (χ0) is 15.7. The highest BCUT2D eigenvalue weighted by Gasteiger charge is 2.21. The third kappa shape index (κ3) is 2.01. The quantitative estimate of drug-likeness (QED) is 0.801. The summed E-state index contributed by atoms with van der Waals surface area (Å²) < 4.78 is 26.5. The third-order valence-electron chi connectivity index (χ3n) is 3.35. The Hall–Kier alpha value is -2.85. The monoisotopic (exact) mass is 312 g/mol. The zero-order valence-corrected chi connectivity index (χ0v) is 12.5. The van der Waals surface area contributed by atoms with Crippen LogP contribution in [0.4, 0.5) is 5.69 Å². The van der Waals surface area contributed by atoms with Gasteiger partial charge in [0, 0.05) is 24.8 Å². The van der Waals surface area contributed by atoms with Gasteiger partial charge in [-0.25, -0.2) is 17.4 Å². The Kier molecular flexibility index (Phi) is 3.31. The Morgan fingerprint density at radius 2 is 1.95 bits per heavy atom. The van der Waals surface area contributed by atoms with E-state index in [2.05, 4.69) is 10.3 Å². The summed E-state index contributed by atoms with van der Waals surface area (Å²) in [6, 6.07) is 11.8. The Bertz CT molecular complexity index is 986. The van der Waals surface area contributed by atoms with E-state index < -0.39 is 10.0 Å². The Labute approximate surface area is 127 Å². The average Bonchev–Trinajstić information content (AvgIpc) is 2.99. The van der Waals surface area contributed by atoms with Crippen LogP contribution in [0.3, 0.4) is 0 Å². The molecule has 3 aromatic rings. The van der Waals surface area contributed by atoms with Crippen molar-refractivity contribution in [3.63, 3.8) is 0 Å². The SMILES string of the molecule is CNc1c(C#N)cnc2c1ccn2S(=O)(=O)c1ccccc1. The molecular formula is C15H12N4O2S. The van der Waals surface area contributed by atoms with Crippen molar-refractivity contribution in [1.82, 2.24) is 8.96 Å². The van der Waals surface area contributed by atoms with Crippen LogP contribution in [0.2, 0.25) is 0 Å². The first-order valence-corrected chi connectivity index (χ1v) is 7.92. The predicted molar refractivity (Wildman–Crippen MR) is 83.0 cm³/mol. The summed E-state index contributed by atoms with van der Waals surface area (Å²) >= 11 is 0. The molecule has 7 heteroatoms. The van der Waals surface area contributed by atoms with E-state index in [-0.39, 0.29) is 10.5 Å². The summed E-state index contributed by atoms with van der Waals surface area (Å²) in [5, 5.41) is 12.6. The van der Waals surface area contributed by atoms with Crippen molar-refractivity contribution in [3.8, 4) is 6.07 Å². The molecule has 0 unspecified atom stereocenters. The molecule has 0 amide bonds. The molecule has 0 bridgehead atoms. The second-order valence-corrected chi connectivity index (χ2v) is 6.39. The predicted octanol–water partition coefficient (Wildman–Crippen LogP) is 2.19. The summed E-state index contributed by atoms with van der Waals surface area (Å²) in [7, 11) is -2.04. The number of hydrogen-bond donors (Lipinski definition) is 1. The molecule has 110 valence electrons. The molecule has 0 aliphatic heterocycles. The molecule has 0 fully saturated rings. The fourth-order valence-electron chi connectivity index (χ4n) is 2.32. The maximum absolute atomic E-state index is 12.7. The van der Waals surface area contributed by atoms with Gasteiger partial charge in [-0.1, -0.05) is 18.2 Å². The van der Waals surface area contributed by atoms with Crippen molar-refractivity contribution in [2.24, 2.45) is 0 Å². The Balaban J connectivity index is 2.29. The van der Waals surface area contributed by atoms with Gasteiger partial charge >= 0.3 is 0 Å². The van der Waals surface area contributed by atoms with E-state index in [1.165, 1.54) is 24.5 Å². The maximum atomic E-state index is 12.7. The van der Waals surface area contributed by atoms with Gasteiger partial charge in [-0.15, -0.1) is 0 Å². The van der Waals surface area contributed by atoms with Crippen molar-refractivity contribution in [1.29, 1.82) is 5.26 Å². The highest BCUT2D eigenvalue weighted by atomic mass is 32.2. The summed E-state index contributed by atoms with van der Waals surface area (Å²) in [5.41, 5.74) is 1.21. The van der Waals surface area contributed by atoms with Crippen LogP contribution in [0.15, 0.2) is 53.7 Å². The third-order valence-corrected chi connectivity index (χ3v) is 5.03. The highest BCUT2D eigenvalue weighted by molar-refractivity contribution is 7.90. The molecule has 1 N–H and O–H groups in total. The van der Waals surface area contributed by atoms with Gasteiger partial charge in [0.05, 0.1) is 16.1 Å². The molecule has 22 heavy (non-hydrogen) atoms. The Morgan fingerprint density at radius 1 is 1.23 bits per heavy atom. The van der Waals surface area contributed by atoms with Crippen LogP contribution in [-0.2, 0) is 10.0 Å². The lowest BCUT2D eigenvalue weighted by Gasteiger charge is -2.08. The second-order valence-electron chi connectivity index (χ2n) is 4.58. The topological polar surface area (TPSA) is 87.8 Å². The molecular weight excluding hydrogens is 300 g/mol. The van der Waals surface area contributed by atoms with Crippen LogP contribution in [-0.4, -0.2) is 24.4 Å². The lowest BCUT2D eigenvalue weighted by molar-refractivity contribution is 0.589. The van der Waals surface area contributed by atoms with Gasteiger partial charge in [-0.3, -0.25) is 0 Å². The standard InChI is InChI=1S/C15H12N4O2S/c1-17-14-11(9-16)10-18-15-13(14)7-8-19(15)22(20,21)12-5-3-2-4-6-12/h2-8,10H,1H3,(H,17,18). The van der Waals surface area contributed by atoms with Crippen LogP contribution >= 0.6 is 0 Å². The van der Waals surface area contributed by atoms with Gasteiger partial charge in [-0.2, -0.15) is 5.26 Å². The van der Waals surface area contributed by atoms with Gasteiger partial charge < -0.3 is 5.32 Å². The van der Waals surface area contributed by atoms with Gasteiger partial charge in [0.25, 0.3) is 10.0 Å². The first kappa shape index (κ1) is 14.1. The molecule has 1 aromatic carbocycles. The Morgan fingerprint density at radius 3 is 2.59 bits per heavy atom. The molecule has 0 atom stereocenters. The molecule has 0 spiro atoms. The van der Waals surface area contributed by atoms with Gasteiger partial charge in [0.2, 0.25) is 0 Å². The minimum atomic E-state index is -3.72. The minimum absolute atomic E-state index is 0.185. The van der Waals surface area contributed by atoms with E-state index >= 15 is 0 Å². The second kappa shape index (κ2) is 5.16. The van der Waals surface area contributed by atoms with Crippen LogP contribution in [0.1, 0.15) is 5.56 Å². The van der Waals surface area contributed by atoms with Gasteiger partial charge in [0.15, 0.2) is 5.65 Å². The van der Waals surface area contributed by atoms with E-state index in [1.807, 2.05) is 6.07 Å². The fourth-order valence-corrected chi connectivity index (χ4v) is 3.64. The molecule has 3 rings (SSSR count). The molecule has 2 aromatic heterocycles. The summed E-state index contributed by atoms with van der Waals surface area (Å²) in [6.45, 7) is 0. The number of rotatable bonds is 3. The first-order valence-electron chi connectivity index (χ1n) is 6.48. The van der Waals surface area contributed by atoms with E-state index in [1.54, 1.807) is 31.3 Å². The van der Waals surface area contributed by atoms with Crippen LogP contribution in [0.25, 0.3) is 11.0 Å². The van der Waals surface area contributed by atoms with E-state index in [4.69, 9.17) is 5.26 Å². The largest absolute Gasteiger partial charge is 0.386 e. The maximum Gasteiger partial charge on any atom is 0.269 e. The van der Waals surface area contributed by atoms with Crippen LogP contribution in [0.5, 0.6) is 0 Å². The number of hydrogen-bond acceptors (Lipinski definition) is 5. The van der Waals surface area contributed by atoms with Gasteiger partial charge in [-0.05, 0) is 18.2 Å². The molecule has 0 saturated heterocycles. The van der Waals surface area contributed by atoms with Crippen molar-refractivity contribution >= 4 is 26.7 Å². The van der Waals surface area contributed by atoms with Crippen molar-refractivity contribution in [3.05, 3.63) is 54.4 Å². The van der Waals surface area contributed by atoms with Crippen molar-refractivity contribution in [2.45, 2.75) is 4.90 Å². The number of benzene rings is 1. The molecule has 0 aliphatic rings. The number of nitrogens with one attached hydrogen (secondary N) is 1. The lowest BCUT2D eigenvalue weighted by Crippen LogP contribution is -2.12. The summed E-state index contributed by atoms with van der Waals surface area (Å²) in [4.78, 5) is 4.32. The van der Waals surface area contributed by atoms with Crippen molar-refractivity contribution < 1.29 is 8.42 Å². The molecule has 0 radical (unpaired) electrons. The van der Waals surface area contributed by atoms with Crippen LogP contribution in [0, 0.1) is 11.3 Å². The number of aromatic nitrogens is 2. The number of nitriles is 1. The zero-order valence-electron chi connectivity index (χ0n) is 11.7. The summed E-state index contributed by atoms with van der Waals surface area (Å²) in [6.07, 6.45) is 2.81. The number of anilines is 1. The van der Waals surface area contributed by atoms with Crippen LogP contribution < -0.4 is 5.32 Å². The highest BCUT2D eigenvalue weighted by Crippen LogP contribution is 2.28.